The first kappa shape index (κ1) is 16.5. The van der Waals surface area contributed by atoms with Crippen LogP contribution >= 0.6 is 0 Å². The fourth-order valence-electron chi connectivity index (χ4n) is 3.34. The van der Waals surface area contributed by atoms with E-state index >= 15 is 0 Å². The lowest BCUT2D eigenvalue weighted by molar-refractivity contribution is 0.191. The summed E-state index contributed by atoms with van der Waals surface area (Å²) in [4.78, 5) is 4.98. The van der Waals surface area contributed by atoms with Crippen LogP contribution in [-0.4, -0.2) is 56.6 Å². The minimum atomic E-state index is 0.423. The van der Waals surface area contributed by atoms with Gasteiger partial charge in [0.25, 0.3) is 0 Å². The summed E-state index contributed by atoms with van der Waals surface area (Å²) in [6, 6.07) is 8.00. The van der Waals surface area contributed by atoms with Crippen molar-refractivity contribution in [1.82, 2.24) is 15.1 Å². The maximum atomic E-state index is 3.51. The molecule has 0 spiro atoms. The smallest absolute Gasteiger partial charge is 0.0447 e. The second-order valence-corrected chi connectivity index (χ2v) is 6.74. The van der Waals surface area contributed by atoms with Gasteiger partial charge >= 0.3 is 0 Å². The van der Waals surface area contributed by atoms with Crippen LogP contribution in [0.1, 0.15) is 35.6 Å². The van der Waals surface area contributed by atoms with Crippen LogP contribution in [0.4, 0.5) is 0 Å². The summed E-state index contributed by atoms with van der Waals surface area (Å²) >= 11 is 0. The van der Waals surface area contributed by atoms with Crippen LogP contribution in [0, 0.1) is 13.8 Å². The summed E-state index contributed by atoms with van der Waals surface area (Å²) in [7, 11) is 6.43. The number of nitrogens with one attached hydrogen (secondary N) is 1. The lowest BCUT2D eigenvalue weighted by atomic mass is 10.0. The van der Waals surface area contributed by atoms with Gasteiger partial charge in [-0.1, -0.05) is 18.2 Å². The van der Waals surface area contributed by atoms with Crippen molar-refractivity contribution in [2.45, 2.75) is 38.8 Å². The quantitative estimate of drug-likeness (QED) is 0.868. The molecular formula is C18H31N3. The minimum absolute atomic E-state index is 0.423. The largest absolute Gasteiger partial charge is 0.312 e. The molecule has 21 heavy (non-hydrogen) atoms. The first-order valence-corrected chi connectivity index (χ1v) is 8.14. The molecule has 2 unspecified atom stereocenters. The highest BCUT2D eigenvalue weighted by Gasteiger charge is 2.27. The summed E-state index contributed by atoms with van der Waals surface area (Å²) in [6.07, 6.45) is 2.67. The molecule has 1 fully saturated rings. The van der Waals surface area contributed by atoms with Crippen molar-refractivity contribution in [2.75, 3.05) is 40.8 Å². The van der Waals surface area contributed by atoms with Crippen LogP contribution in [0.25, 0.3) is 0 Å². The van der Waals surface area contributed by atoms with E-state index in [1.807, 2.05) is 0 Å². The van der Waals surface area contributed by atoms with Gasteiger partial charge in [-0.25, -0.2) is 0 Å². The Morgan fingerprint density at radius 1 is 1.29 bits per heavy atom. The molecule has 0 radical (unpaired) electrons. The van der Waals surface area contributed by atoms with E-state index in [-0.39, 0.29) is 0 Å². The van der Waals surface area contributed by atoms with E-state index in [4.69, 9.17) is 0 Å². The lowest BCUT2D eigenvalue weighted by Gasteiger charge is -2.31. The third-order valence-corrected chi connectivity index (χ3v) is 4.77. The molecule has 118 valence electrons. The number of hydrogen-bond acceptors (Lipinski definition) is 3. The van der Waals surface area contributed by atoms with Crippen LogP contribution in [0.5, 0.6) is 0 Å². The monoisotopic (exact) mass is 289 g/mol. The van der Waals surface area contributed by atoms with Gasteiger partial charge in [0.2, 0.25) is 0 Å². The van der Waals surface area contributed by atoms with E-state index in [1.54, 1.807) is 0 Å². The van der Waals surface area contributed by atoms with Crippen molar-refractivity contribution in [3.05, 3.63) is 34.9 Å². The Morgan fingerprint density at radius 3 is 2.67 bits per heavy atom. The van der Waals surface area contributed by atoms with Crippen LogP contribution in [0.15, 0.2) is 18.2 Å². The van der Waals surface area contributed by atoms with Gasteiger partial charge in [-0.2, -0.15) is 0 Å². The number of hydrogen-bond donors (Lipinski definition) is 1. The SMILES string of the molecule is CNC(CN1CCCC1CN(C)C)c1ccc(C)c(C)c1. The van der Waals surface area contributed by atoms with Crippen LogP contribution in [-0.2, 0) is 0 Å². The fraction of sp³-hybridized carbons (Fsp3) is 0.667. The van der Waals surface area contributed by atoms with E-state index in [2.05, 4.69) is 68.3 Å². The number of benzene rings is 1. The van der Waals surface area contributed by atoms with Crippen molar-refractivity contribution in [3.63, 3.8) is 0 Å². The summed E-state index contributed by atoms with van der Waals surface area (Å²) in [5.74, 6) is 0. The van der Waals surface area contributed by atoms with Crippen molar-refractivity contribution in [3.8, 4) is 0 Å². The van der Waals surface area contributed by atoms with Crippen LogP contribution in [0.2, 0.25) is 0 Å². The van der Waals surface area contributed by atoms with Gasteiger partial charge in [0.05, 0.1) is 0 Å². The topological polar surface area (TPSA) is 18.5 Å². The second-order valence-electron chi connectivity index (χ2n) is 6.74. The fourth-order valence-corrected chi connectivity index (χ4v) is 3.34. The zero-order valence-corrected chi connectivity index (χ0v) is 14.3. The first-order chi connectivity index (χ1) is 10.0. The number of rotatable bonds is 6. The molecule has 3 heteroatoms. The highest BCUT2D eigenvalue weighted by molar-refractivity contribution is 5.32. The van der Waals surface area contributed by atoms with Crippen LogP contribution < -0.4 is 5.32 Å². The van der Waals surface area contributed by atoms with Crippen molar-refractivity contribution in [1.29, 1.82) is 0 Å². The molecule has 3 nitrogen and oxygen atoms in total. The Bertz CT molecular complexity index is 456. The van der Waals surface area contributed by atoms with Crippen molar-refractivity contribution < 1.29 is 0 Å². The molecule has 1 aromatic rings. The third kappa shape index (κ3) is 4.29. The zero-order chi connectivity index (χ0) is 15.4. The predicted octanol–water partition coefficient (Wildman–Crippen LogP) is 2.59. The number of likely N-dealkylation sites (N-methyl/N-ethyl adjacent to an activating group) is 2. The van der Waals surface area contributed by atoms with Gasteiger partial charge < -0.3 is 10.2 Å². The maximum absolute atomic E-state index is 3.51. The summed E-state index contributed by atoms with van der Waals surface area (Å²) in [6.45, 7) is 7.90. The minimum Gasteiger partial charge on any atom is -0.312 e. The van der Waals surface area contributed by atoms with Crippen LogP contribution in [0.3, 0.4) is 0 Å². The van der Waals surface area contributed by atoms with Gasteiger partial charge in [-0.05, 0) is 71.1 Å². The molecule has 2 rings (SSSR count). The summed E-state index contributed by atoms with van der Waals surface area (Å²) in [5, 5.41) is 3.51. The van der Waals surface area contributed by atoms with E-state index in [9.17, 15) is 0 Å². The van der Waals surface area contributed by atoms with E-state index in [1.165, 1.54) is 42.6 Å². The van der Waals surface area contributed by atoms with Gasteiger partial charge in [0.15, 0.2) is 0 Å². The molecule has 1 aliphatic heterocycles. The predicted molar refractivity (Wildman–Crippen MR) is 90.9 cm³/mol. The molecule has 1 heterocycles. The Hall–Kier alpha value is -0.900. The van der Waals surface area contributed by atoms with E-state index in [0.717, 1.165) is 6.54 Å². The second kappa shape index (κ2) is 7.39. The molecule has 0 saturated carbocycles. The molecule has 1 saturated heterocycles. The number of likely N-dealkylation sites (tertiary alicyclic amines) is 1. The normalized spacial score (nSPS) is 21.1. The zero-order valence-electron chi connectivity index (χ0n) is 14.3. The van der Waals surface area contributed by atoms with E-state index < -0.39 is 0 Å². The standard InChI is InChI=1S/C18H31N3/c1-14-8-9-16(11-15(14)2)18(19-3)13-21-10-6-7-17(21)12-20(4)5/h8-9,11,17-19H,6-7,10,12-13H2,1-5H3. The Balaban J connectivity index is 2.05. The van der Waals surface area contributed by atoms with Gasteiger partial charge in [0.1, 0.15) is 0 Å². The lowest BCUT2D eigenvalue weighted by Crippen LogP contribution is -2.41. The molecule has 0 bridgehead atoms. The van der Waals surface area contributed by atoms with Gasteiger partial charge in [0, 0.05) is 25.2 Å². The van der Waals surface area contributed by atoms with Crippen molar-refractivity contribution in [2.24, 2.45) is 0 Å². The number of nitrogens with zero attached hydrogens (tertiary/aromatic N) is 2. The molecule has 1 aliphatic rings. The summed E-state index contributed by atoms with van der Waals surface area (Å²) in [5.41, 5.74) is 4.18. The molecular weight excluding hydrogens is 258 g/mol. The highest BCUT2D eigenvalue weighted by atomic mass is 15.2. The maximum Gasteiger partial charge on any atom is 0.0447 e. The third-order valence-electron chi connectivity index (χ3n) is 4.77. The van der Waals surface area contributed by atoms with Gasteiger partial charge in [-0.3, -0.25) is 4.90 Å². The molecule has 0 amide bonds. The molecule has 1 N–H and O–H groups in total. The molecule has 1 aromatic carbocycles. The first-order valence-electron chi connectivity index (χ1n) is 8.14. The average Bonchev–Trinajstić information content (AvgIpc) is 2.85. The Labute approximate surface area is 130 Å². The number of aryl methyl sites for hydroxylation is 2. The Morgan fingerprint density at radius 2 is 2.05 bits per heavy atom. The van der Waals surface area contributed by atoms with Crippen molar-refractivity contribution >= 4 is 0 Å². The Kier molecular flexibility index (Phi) is 5.80. The van der Waals surface area contributed by atoms with E-state index in [0.29, 0.717) is 12.1 Å². The summed E-state index contributed by atoms with van der Waals surface area (Å²) < 4.78 is 0. The molecule has 0 aromatic heterocycles. The average molecular weight is 289 g/mol. The molecule has 0 aliphatic carbocycles. The van der Waals surface area contributed by atoms with Gasteiger partial charge in [-0.15, -0.1) is 0 Å². The highest BCUT2D eigenvalue weighted by Crippen LogP contribution is 2.23. The molecule has 2 atom stereocenters.